The lowest BCUT2D eigenvalue weighted by Crippen LogP contribution is -2.39. The molecule has 0 unspecified atom stereocenters. The van der Waals surface area contributed by atoms with E-state index in [2.05, 4.69) is 4.90 Å². The van der Waals surface area contributed by atoms with Gasteiger partial charge in [0, 0.05) is 19.6 Å². The maximum absolute atomic E-state index is 12.3. The number of hydrogen-bond acceptors (Lipinski definition) is 5. The summed E-state index contributed by atoms with van der Waals surface area (Å²) in [5, 5.41) is 9.29. The number of hydrogen-bond donors (Lipinski definition) is 1. The number of carboxylic acid groups (broad SMARTS) is 1. The van der Waals surface area contributed by atoms with Crippen LogP contribution in [0.4, 0.5) is 0 Å². The van der Waals surface area contributed by atoms with Crippen molar-refractivity contribution < 1.29 is 24.2 Å². The van der Waals surface area contributed by atoms with Crippen molar-refractivity contribution in [2.24, 2.45) is 0 Å². The van der Waals surface area contributed by atoms with E-state index in [1.807, 2.05) is 12.1 Å². The third-order valence-corrected chi connectivity index (χ3v) is 5.05. The molecule has 2 aromatic rings. The predicted octanol–water partition coefficient (Wildman–Crippen LogP) is 4.06. The van der Waals surface area contributed by atoms with Crippen LogP contribution in [0, 0.1) is 0 Å². The number of rotatable bonds is 6. The van der Waals surface area contributed by atoms with Crippen molar-refractivity contribution in [1.82, 2.24) is 4.90 Å². The van der Waals surface area contributed by atoms with Gasteiger partial charge < -0.3 is 14.6 Å². The largest absolute Gasteiger partial charge is 0.481 e. The van der Waals surface area contributed by atoms with Crippen LogP contribution in [0.15, 0.2) is 42.5 Å². The third kappa shape index (κ3) is 5.23. The van der Waals surface area contributed by atoms with E-state index >= 15 is 0 Å². The number of carbonyl (C=O) groups is 2. The first-order valence-corrected chi connectivity index (χ1v) is 9.51. The zero-order valence-corrected chi connectivity index (χ0v) is 16.4. The molecule has 1 atom stereocenters. The quantitative estimate of drug-likeness (QED) is 0.557. The van der Waals surface area contributed by atoms with Crippen molar-refractivity contribution in [2.45, 2.75) is 12.5 Å². The Morgan fingerprint density at radius 2 is 1.82 bits per heavy atom. The molecule has 148 valence electrons. The average molecular weight is 424 g/mol. The first kappa shape index (κ1) is 20.6. The van der Waals surface area contributed by atoms with E-state index in [0.29, 0.717) is 32.0 Å². The Bertz CT molecular complexity index is 836. The highest BCUT2D eigenvalue weighted by atomic mass is 35.5. The predicted molar refractivity (Wildman–Crippen MR) is 105 cm³/mol. The molecule has 1 heterocycles. The first-order chi connectivity index (χ1) is 13.4. The van der Waals surface area contributed by atoms with Gasteiger partial charge in [0.25, 0.3) is 0 Å². The summed E-state index contributed by atoms with van der Waals surface area (Å²) in [6, 6.07) is 11.8. The van der Waals surface area contributed by atoms with Gasteiger partial charge in [-0.05, 0) is 29.8 Å². The Kier molecular flexibility index (Phi) is 6.91. The van der Waals surface area contributed by atoms with Crippen molar-refractivity contribution in [1.29, 1.82) is 0 Å². The minimum atomic E-state index is -0.812. The highest BCUT2D eigenvalue weighted by Crippen LogP contribution is 2.28. The molecule has 0 radical (unpaired) electrons. The van der Waals surface area contributed by atoms with E-state index in [1.165, 1.54) is 0 Å². The molecule has 8 heteroatoms. The zero-order chi connectivity index (χ0) is 20.1. The lowest BCUT2D eigenvalue weighted by atomic mass is 10.1. The smallest absolute Gasteiger partial charge is 0.346 e. The van der Waals surface area contributed by atoms with Gasteiger partial charge in [-0.15, -0.1) is 0 Å². The first-order valence-electron chi connectivity index (χ1n) is 8.76. The van der Waals surface area contributed by atoms with Crippen molar-refractivity contribution in [3.05, 3.63) is 63.6 Å². The summed E-state index contributed by atoms with van der Waals surface area (Å²) in [4.78, 5) is 25.2. The minimum absolute atomic E-state index is 0.103. The molecule has 0 aliphatic carbocycles. The number of esters is 1. The van der Waals surface area contributed by atoms with Crippen molar-refractivity contribution in [3.8, 4) is 5.75 Å². The number of morpholine rings is 1. The van der Waals surface area contributed by atoms with E-state index in [0.717, 1.165) is 5.56 Å². The van der Waals surface area contributed by atoms with Crippen LogP contribution < -0.4 is 4.74 Å². The number of halogens is 2. The maximum Gasteiger partial charge on any atom is 0.346 e. The average Bonchev–Trinajstić information content (AvgIpc) is 2.67. The van der Waals surface area contributed by atoms with Crippen molar-refractivity contribution in [2.75, 3.05) is 26.2 Å². The molecule has 1 aliphatic heterocycles. The molecule has 1 aliphatic rings. The molecular weight excluding hydrogens is 405 g/mol. The molecule has 3 rings (SSSR count). The number of carbonyl (C=O) groups excluding carboxylic acids is 1. The lowest BCUT2D eigenvalue weighted by molar-refractivity contribution is -0.137. The molecule has 1 N–H and O–H groups in total. The summed E-state index contributed by atoms with van der Waals surface area (Å²) in [5.74, 6) is -1.08. The maximum atomic E-state index is 12.3. The molecule has 2 aromatic carbocycles. The monoisotopic (exact) mass is 423 g/mol. The number of carboxylic acids is 1. The zero-order valence-electron chi connectivity index (χ0n) is 14.9. The number of ether oxygens (including phenoxy) is 2. The van der Waals surface area contributed by atoms with Gasteiger partial charge in [-0.1, -0.05) is 41.4 Å². The van der Waals surface area contributed by atoms with E-state index in [4.69, 9.17) is 37.8 Å². The van der Waals surface area contributed by atoms with E-state index in [9.17, 15) is 9.59 Å². The summed E-state index contributed by atoms with van der Waals surface area (Å²) in [5.41, 5.74) is 1.05. The van der Waals surface area contributed by atoms with Crippen LogP contribution in [0.2, 0.25) is 10.0 Å². The standard InChI is InChI=1S/C20H19Cl2NO5/c21-15-2-1-3-16(22)19(15)20(26)28-14-6-4-13(5-7-14)17-12-23(10-11-27-17)9-8-18(24)25/h1-7,17H,8-12H2,(H,24,25)/t17-/m0/s1. The van der Waals surface area contributed by atoms with Gasteiger partial charge in [-0.3, -0.25) is 9.69 Å². The van der Waals surface area contributed by atoms with Gasteiger partial charge in [0.1, 0.15) is 5.75 Å². The second-order valence-electron chi connectivity index (χ2n) is 6.36. The van der Waals surface area contributed by atoms with Gasteiger partial charge in [0.15, 0.2) is 0 Å². The highest BCUT2D eigenvalue weighted by molar-refractivity contribution is 6.39. The summed E-state index contributed by atoms with van der Waals surface area (Å²) >= 11 is 12.1. The lowest BCUT2D eigenvalue weighted by Gasteiger charge is -2.32. The van der Waals surface area contributed by atoms with E-state index in [-0.39, 0.29) is 28.1 Å². The molecule has 0 bridgehead atoms. The molecule has 1 fully saturated rings. The Labute approximate surface area is 172 Å². The van der Waals surface area contributed by atoms with Gasteiger partial charge >= 0.3 is 11.9 Å². The summed E-state index contributed by atoms with van der Waals surface area (Å²) in [6.45, 7) is 2.34. The Morgan fingerprint density at radius 1 is 1.14 bits per heavy atom. The summed E-state index contributed by atoms with van der Waals surface area (Å²) in [7, 11) is 0. The van der Waals surface area contributed by atoms with Gasteiger partial charge in [-0.25, -0.2) is 4.79 Å². The fourth-order valence-electron chi connectivity index (χ4n) is 2.96. The van der Waals surface area contributed by atoms with Crippen LogP contribution in [0.25, 0.3) is 0 Å². The summed E-state index contributed by atoms with van der Waals surface area (Å²) < 4.78 is 11.2. The molecule has 6 nitrogen and oxygen atoms in total. The fourth-order valence-corrected chi connectivity index (χ4v) is 3.51. The topological polar surface area (TPSA) is 76.1 Å². The SMILES string of the molecule is O=C(O)CCN1CCO[C@H](c2ccc(OC(=O)c3c(Cl)cccc3Cl)cc2)C1. The molecule has 0 aromatic heterocycles. The highest BCUT2D eigenvalue weighted by Gasteiger charge is 2.23. The van der Waals surface area contributed by atoms with E-state index in [1.54, 1.807) is 30.3 Å². The van der Waals surface area contributed by atoms with Crippen LogP contribution >= 0.6 is 23.2 Å². The second kappa shape index (κ2) is 9.39. The van der Waals surface area contributed by atoms with Crippen LogP contribution in [0.5, 0.6) is 5.75 Å². The molecule has 28 heavy (non-hydrogen) atoms. The number of aliphatic carboxylic acids is 1. The van der Waals surface area contributed by atoms with Gasteiger partial charge in [0.2, 0.25) is 0 Å². The van der Waals surface area contributed by atoms with Crippen LogP contribution in [0.1, 0.15) is 28.4 Å². The Morgan fingerprint density at radius 3 is 2.46 bits per heavy atom. The van der Waals surface area contributed by atoms with E-state index < -0.39 is 11.9 Å². The second-order valence-corrected chi connectivity index (χ2v) is 7.17. The Balaban J connectivity index is 1.63. The number of nitrogens with zero attached hydrogens (tertiary/aromatic N) is 1. The third-order valence-electron chi connectivity index (χ3n) is 4.42. The minimum Gasteiger partial charge on any atom is -0.481 e. The molecular formula is C20H19Cl2NO5. The molecule has 0 spiro atoms. The Hall–Kier alpha value is -2.12. The summed E-state index contributed by atoms with van der Waals surface area (Å²) in [6.07, 6.45) is -0.0584. The van der Waals surface area contributed by atoms with Gasteiger partial charge in [-0.2, -0.15) is 0 Å². The fraction of sp³-hybridized carbons (Fsp3) is 0.300. The van der Waals surface area contributed by atoms with Crippen LogP contribution in [0.3, 0.4) is 0 Å². The molecule has 0 amide bonds. The normalized spacial score (nSPS) is 17.3. The van der Waals surface area contributed by atoms with Crippen LogP contribution in [-0.4, -0.2) is 48.2 Å². The molecule has 1 saturated heterocycles. The van der Waals surface area contributed by atoms with Crippen LogP contribution in [-0.2, 0) is 9.53 Å². The number of benzene rings is 2. The van der Waals surface area contributed by atoms with Gasteiger partial charge in [0.05, 0.1) is 34.7 Å². The van der Waals surface area contributed by atoms with Crippen molar-refractivity contribution in [3.63, 3.8) is 0 Å². The molecule has 0 saturated carbocycles. The van der Waals surface area contributed by atoms with Crippen molar-refractivity contribution >= 4 is 35.1 Å².